The average molecular weight is 241 g/mol. The van der Waals surface area contributed by atoms with Gasteiger partial charge >= 0.3 is 5.97 Å². The number of esters is 1. The lowest BCUT2D eigenvalue weighted by molar-refractivity contribution is -0.151. The Balaban J connectivity index is 1.96. The largest absolute Gasteiger partial charge is 0.435 e. The van der Waals surface area contributed by atoms with Crippen molar-refractivity contribution >= 4 is 11.9 Å². The highest BCUT2D eigenvalue weighted by atomic mass is 16.7. The van der Waals surface area contributed by atoms with Crippen LogP contribution in [0, 0.1) is 0 Å². The lowest BCUT2D eigenvalue weighted by Crippen LogP contribution is -2.26. The predicted molar refractivity (Wildman–Crippen MR) is 62.2 cm³/mol. The Bertz CT molecular complexity index is 301. The highest BCUT2D eigenvalue weighted by molar-refractivity contribution is 5.86. The molecule has 0 bridgehead atoms. The highest BCUT2D eigenvalue weighted by Crippen LogP contribution is 2.09. The van der Waals surface area contributed by atoms with E-state index in [2.05, 4.69) is 6.58 Å². The highest BCUT2D eigenvalue weighted by Gasteiger charge is 2.18. The summed E-state index contributed by atoms with van der Waals surface area (Å²) in [6.45, 7) is 7.03. The smallest absolute Gasteiger partial charge is 0.335 e. The van der Waals surface area contributed by atoms with E-state index in [9.17, 15) is 9.59 Å². The minimum absolute atomic E-state index is 0.0559. The Morgan fingerprint density at radius 3 is 2.88 bits per heavy atom. The number of hydrogen-bond donors (Lipinski definition) is 0. The molecule has 0 unspecified atom stereocenters. The van der Waals surface area contributed by atoms with Gasteiger partial charge in [0.15, 0.2) is 6.79 Å². The minimum atomic E-state index is -0.445. The SMILES string of the molecule is C=C(C)C(=O)OCOCCCN1CCCC1=O. The van der Waals surface area contributed by atoms with Gasteiger partial charge in [0.1, 0.15) is 0 Å². The summed E-state index contributed by atoms with van der Waals surface area (Å²) in [7, 11) is 0. The monoisotopic (exact) mass is 241 g/mol. The molecule has 1 saturated heterocycles. The second-order valence-electron chi connectivity index (χ2n) is 4.08. The van der Waals surface area contributed by atoms with Crippen LogP contribution in [0.3, 0.4) is 0 Å². The number of nitrogens with zero attached hydrogens (tertiary/aromatic N) is 1. The quantitative estimate of drug-likeness (QED) is 0.290. The Kier molecular flexibility index (Phi) is 5.69. The van der Waals surface area contributed by atoms with E-state index in [1.165, 1.54) is 0 Å². The molecule has 1 aliphatic heterocycles. The number of carbonyl (C=O) groups excluding carboxylic acids is 2. The summed E-state index contributed by atoms with van der Waals surface area (Å²) in [5.41, 5.74) is 0.358. The van der Waals surface area contributed by atoms with Gasteiger partial charge in [0.2, 0.25) is 5.91 Å². The molecule has 1 rings (SSSR count). The molecule has 1 aliphatic rings. The van der Waals surface area contributed by atoms with Crippen molar-refractivity contribution in [3.8, 4) is 0 Å². The number of carbonyl (C=O) groups is 2. The summed E-state index contributed by atoms with van der Waals surface area (Å²) in [5, 5.41) is 0. The van der Waals surface area contributed by atoms with Crippen LogP contribution in [0.1, 0.15) is 26.2 Å². The fraction of sp³-hybridized carbons (Fsp3) is 0.667. The molecule has 1 amide bonds. The van der Waals surface area contributed by atoms with Crippen molar-refractivity contribution in [2.45, 2.75) is 26.2 Å². The summed E-state index contributed by atoms with van der Waals surface area (Å²) in [6.07, 6.45) is 2.38. The third-order valence-corrected chi connectivity index (χ3v) is 2.51. The van der Waals surface area contributed by atoms with Crippen LogP contribution >= 0.6 is 0 Å². The van der Waals surface area contributed by atoms with Crippen molar-refractivity contribution in [1.29, 1.82) is 0 Å². The Morgan fingerprint density at radius 2 is 2.29 bits per heavy atom. The molecule has 96 valence electrons. The van der Waals surface area contributed by atoms with Gasteiger partial charge in [0.25, 0.3) is 0 Å². The van der Waals surface area contributed by atoms with Crippen molar-refractivity contribution in [2.75, 3.05) is 26.5 Å². The molecule has 1 fully saturated rings. The van der Waals surface area contributed by atoms with Gasteiger partial charge in [-0.05, 0) is 19.8 Å². The normalized spacial score (nSPS) is 15.1. The molecule has 1 heterocycles. The van der Waals surface area contributed by atoms with Gasteiger partial charge in [0.05, 0.1) is 6.61 Å². The maximum absolute atomic E-state index is 11.3. The molecule has 0 spiro atoms. The van der Waals surface area contributed by atoms with E-state index in [4.69, 9.17) is 9.47 Å². The van der Waals surface area contributed by atoms with Crippen molar-refractivity contribution < 1.29 is 19.1 Å². The van der Waals surface area contributed by atoms with E-state index >= 15 is 0 Å². The average Bonchev–Trinajstić information content (AvgIpc) is 2.68. The van der Waals surface area contributed by atoms with Gasteiger partial charge in [-0.1, -0.05) is 6.58 Å². The van der Waals surface area contributed by atoms with Gasteiger partial charge < -0.3 is 14.4 Å². The standard InChI is InChI=1S/C12H19NO4/c1-10(2)12(15)17-9-16-8-4-7-13-6-3-5-11(13)14/h1,3-9H2,2H3. The third-order valence-electron chi connectivity index (χ3n) is 2.51. The van der Waals surface area contributed by atoms with Crippen LogP contribution in [0.2, 0.25) is 0 Å². The van der Waals surface area contributed by atoms with Crippen LogP contribution in [0.4, 0.5) is 0 Å². The first-order chi connectivity index (χ1) is 8.11. The topological polar surface area (TPSA) is 55.8 Å². The van der Waals surface area contributed by atoms with Gasteiger partial charge in [-0.25, -0.2) is 4.79 Å². The summed E-state index contributed by atoms with van der Waals surface area (Å²) in [4.78, 5) is 24.1. The second kappa shape index (κ2) is 7.06. The van der Waals surface area contributed by atoms with E-state index in [0.29, 0.717) is 25.1 Å². The lowest BCUT2D eigenvalue weighted by Gasteiger charge is -2.14. The molecule has 0 aromatic rings. The first-order valence-electron chi connectivity index (χ1n) is 5.79. The fourth-order valence-electron chi connectivity index (χ4n) is 1.58. The molecule has 5 nitrogen and oxygen atoms in total. The summed E-state index contributed by atoms with van der Waals surface area (Å²) >= 11 is 0. The maximum Gasteiger partial charge on any atom is 0.335 e. The number of hydrogen-bond acceptors (Lipinski definition) is 4. The molecule has 0 aromatic carbocycles. The van der Waals surface area contributed by atoms with Gasteiger partial charge in [-0.15, -0.1) is 0 Å². The molecule has 0 saturated carbocycles. The van der Waals surface area contributed by atoms with Gasteiger partial charge in [0, 0.05) is 25.1 Å². The number of ether oxygens (including phenoxy) is 2. The molecule has 5 heteroatoms. The molecular weight excluding hydrogens is 222 g/mol. The molecule has 0 N–H and O–H groups in total. The minimum Gasteiger partial charge on any atom is -0.435 e. The second-order valence-corrected chi connectivity index (χ2v) is 4.08. The first-order valence-corrected chi connectivity index (χ1v) is 5.79. The zero-order valence-electron chi connectivity index (χ0n) is 10.2. The van der Waals surface area contributed by atoms with E-state index in [1.807, 2.05) is 4.90 Å². The van der Waals surface area contributed by atoms with Crippen molar-refractivity contribution in [3.63, 3.8) is 0 Å². The summed E-state index contributed by atoms with van der Waals surface area (Å²) in [5.74, 6) is -0.224. The van der Waals surface area contributed by atoms with E-state index in [0.717, 1.165) is 19.4 Å². The number of amides is 1. The molecule has 0 atom stereocenters. The number of rotatable bonds is 7. The molecule has 0 aliphatic carbocycles. The third kappa shape index (κ3) is 4.99. The zero-order chi connectivity index (χ0) is 12.7. The van der Waals surface area contributed by atoms with E-state index < -0.39 is 5.97 Å². The first kappa shape index (κ1) is 13.7. The van der Waals surface area contributed by atoms with Gasteiger partial charge in [-0.3, -0.25) is 4.79 Å². The van der Waals surface area contributed by atoms with Crippen molar-refractivity contribution in [1.82, 2.24) is 4.90 Å². The maximum atomic E-state index is 11.3. The molecular formula is C12H19NO4. The summed E-state index contributed by atoms with van der Waals surface area (Å²) in [6, 6.07) is 0. The molecule has 0 aromatic heterocycles. The van der Waals surface area contributed by atoms with Crippen molar-refractivity contribution in [3.05, 3.63) is 12.2 Å². The zero-order valence-corrected chi connectivity index (χ0v) is 10.2. The predicted octanol–water partition coefficient (Wildman–Crippen LogP) is 1.09. The Labute approximate surface area is 101 Å². The molecule has 17 heavy (non-hydrogen) atoms. The van der Waals surface area contributed by atoms with Crippen LogP contribution < -0.4 is 0 Å². The van der Waals surface area contributed by atoms with Crippen molar-refractivity contribution in [2.24, 2.45) is 0 Å². The summed E-state index contributed by atoms with van der Waals surface area (Å²) < 4.78 is 9.88. The van der Waals surface area contributed by atoms with Gasteiger partial charge in [-0.2, -0.15) is 0 Å². The van der Waals surface area contributed by atoms with Crippen LogP contribution in [0.15, 0.2) is 12.2 Å². The van der Waals surface area contributed by atoms with Crippen LogP contribution in [-0.2, 0) is 19.1 Å². The Morgan fingerprint density at radius 1 is 1.53 bits per heavy atom. The van der Waals surface area contributed by atoms with E-state index in [1.54, 1.807) is 6.92 Å². The fourth-order valence-corrected chi connectivity index (χ4v) is 1.58. The molecule has 0 radical (unpaired) electrons. The number of likely N-dealkylation sites (tertiary alicyclic amines) is 1. The lowest BCUT2D eigenvalue weighted by atomic mass is 10.4. The van der Waals surface area contributed by atoms with Crippen LogP contribution in [-0.4, -0.2) is 43.3 Å². The van der Waals surface area contributed by atoms with Crippen LogP contribution in [0.5, 0.6) is 0 Å². The Hall–Kier alpha value is -1.36. The van der Waals surface area contributed by atoms with E-state index in [-0.39, 0.29) is 12.7 Å². The van der Waals surface area contributed by atoms with Crippen LogP contribution in [0.25, 0.3) is 0 Å².